The lowest BCUT2D eigenvalue weighted by atomic mass is 9.93. The number of hydrogen-bond acceptors (Lipinski definition) is 2. The van der Waals surface area contributed by atoms with E-state index in [0.717, 1.165) is 36.9 Å². The molecule has 3 aliphatic rings. The molecular weight excluding hydrogens is 198 g/mol. The maximum Gasteiger partial charge on any atom is 0.0495 e. The van der Waals surface area contributed by atoms with E-state index in [9.17, 15) is 0 Å². The van der Waals surface area contributed by atoms with E-state index in [1.165, 1.54) is 38.8 Å². The van der Waals surface area contributed by atoms with Crippen LogP contribution in [0.1, 0.15) is 25.7 Å². The van der Waals surface area contributed by atoms with Crippen molar-refractivity contribution in [2.24, 2.45) is 23.7 Å². The average Bonchev–Trinajstić information content (AvgIpc) is 3.01. The van der Waals surface area contributed by atoms with Gasteiger partial charge in [-0.3, -0.25) is 0 Å². The quantitative estimate of drug-likeness (QED) is 0.568. The molecule has 90 valence electrons. The Morgan fingerprint density at radius 2 is 2.25 bits per heavy atom. The van der Waals surface area contributed by atoms with E-state index in [0.29, 0.717) is 0 Å². The van der Waals surface area contributed by atoms with Crippen LogP contribution in [0.15, 0.2) is 12.2 Å². The van der Waals surface area contributed by atoms with Gasteiger partial charge in [0.2, 0.25) is 0 Å². The smallest absolute Gasteiger partial charge is 0.0495 e. The first-order valence-electron chi connectivity index (χ1n) is 6.88. The summed E-state index contributed by atoms with van der Waals surface area (Å²) < 4.78 is 5.39. The van der Waals surface area contributed by atoms with E-state index in [1.54, 1.807) is 0 Å². The Morgan fingerprint density at radius 3 is 2.94 bits per heavy atom. The maximum atomic E-state index is 5.39. The minimum Gasteiger partial charge on any atom is -0.381 e. The third-order valence-electron chi connectivity index (χ3n) is 4.58. The first-order valence-corrected chi connectivity index (χ1v) is 6.88. The molecule has 1 N–H and O–H groups in total. The standard InChI is InChI=1S/C14H23NO/c1-2-13-7-12(1)8-14(13)9-15-5-3-11-4-6-16-10-11/h1-2,11-15H,3-10H2. The summed E-state index contributed by atoms with van der Waals surface area (Å²) in [6.07, 6.45) is 10.3. The molecular formula is C14H23NO. The summed E-state index contributed by atoms with van der Waals surface area (Å²) in [7, 11) is 0. The van der Waals surface area contributed by atoms with Gasteiger partial charge in [-0.15, -0.1) is 0 Å². The van der Waals surface area contributed by atoms with E-state index < -0.39 is 0 Å². The second kappa shape index (κ2) is 4.89. The number of nitrogens with one attached hydrogen (secondary N) is 1. The number of rotatable bonds is 5. The summed E-state index contributed by atoms with van der Waals surface area (Å²) in [5.41, 5.74) is 0. The van der Waals surface area contributed by atoms with E-state index in [4.69, 9.17) is 4.74 Å². The van der Waals surface area contributed by atoms with Gasteiger partial charge < -0.3 is 10.1 Å². The zero-order valence-electron chi connectivity index (χ0n) is 10.0. The third kappa shape index (κ3) is 2.33. The van der Waals surface area contributed by atoms with Gasteiger partial charge in [-0.1, -0.05) is 12.2 Å². The normalized spacial score (nSPS) is 41.0. The number of hydrogen-bond donors (Lipinski definition) is 1. The molecule has 0 amide bonds. The van der Waals surface area contributed by atoms with Gasteiger partial charge in [0.05, 0.1) is 0 Å². The van der Waals surface area contributed by atoms with Crippen molar-refractivity contribution in [3.63, 3.8) is 0 Å². The summed E-state index contributed by atoms with van der Waals surface area (Å²) in [6.45, 7) is 4.41. The summed E-state index contributed by atoms with van der Waals surface area (Å²) in [6, 6.07) is 0. The van der Waals surface area contributed by atoms with Crippen LogP contribution in [-0.4, -0.2) is 26.3 Å². The molecule has 1 aliphatic heterocycles. The molecule has 0 aromatic carbocycles. The maximum absolute atomic E-state index is 5.39. The van der Waals surface area contributed by atoms with Crippen molar-refractivity contribution in [3.05, 3.63) is 12.2 Å². The molecule has 2 fully saturated rings. The fourth-order valence-electron chi connectivity index (χ4n) is 3.53. The molecule has 0 aromatic heterocycles. The molecule has 4 atom stereocenters. The molecule has 1 heterocycles. The Bertz CT molecular complexity index is 257. The Morgan fingerprint density at radius 1 is 1.25 bits per heavy atom. The van der Waals surface area contributed by atoms with Crippen LogP contribution in [0.4, 0.5) is 0 Å². The van der Waals surface area contributed by atoms with Crippen LogP contribution in [0.3, 0.4) is 0 Å². The zero-order chi connectivity index (χ0) is 10.8. The van der Waals surface area contributed by atoms with Gasteiger partial charge >= 0.3 is 0 Å². The first-order chi connectivity index (χ1) is 7.92. The van der Waals surface area contributed by atoms with Crippen LogP contribution in [-0.2, 0) is 4.74 Å². The molecule has 2 nitrogen and oxygen atoms in total. The number of fused-ring (bicyclic) bond motifs is 2. The molecule has 16 heavy (non-hydrogen) atoms. The van der Waals surface area contributed by atoms with Gasteiger partial charge in [-0.05, 0) is 62.4 Å². The van der Waals surface area contributed by atoms with Crippen molar-refractivity contribution in [3.8, 4) is 0 Å². The monoisotopic (exact) mass is 221 g/mol. The number of ether oxygens (including phenoxy) is 1. The third-order valence-corrected chi connectivity index (χ3v) is 4.58. The predicted octanol–water partition coefficient (Wildman–Crippen LogP) is 2.21. The molecule has 1 saturated heterocycles. The second-order valence-electron chi connectivity index (χ2n) is 5.76. The predicted molar refractivity (Wildman–Crippen MR) is 65.3 cm³/mol. The highest BCUT2D eigenvalue weighted by Gasteiger charge is 2.34. The van der Waals surface area contributed by atoms with E-state index in [2.05, 4.69) is 17.5 Å². The minimum absolute atomic E-state index is 0.826. The van der Waals surface area contributed by atoms with E-state index >= 15 is 0 Å². The first kappa shape index (κ1) is 10.8. The van der Waals surface area contributed by atoms with Crippen molar-refractivity contribution < 1.29 is 4.74 Å². The van der Waals surface area contributed by atoms with Crippen LogP contribution in [0.25, 0.3) is 0 Å². The van der Waals surface area contributed by atoms with Crippen molar-refractivity contribution in [1.82, 2.24) is 5.32 Å². The Kier molecular flexibility index (Phi) is 3.30. The van der Waals surface area contributed by atoms with Gasteiger partial charge in [0.15, 0.2) is 0 Å². The molecule has 0 aromatic rings. The van der Waals surface area contributed by atoms with Gasteiger partial charge in [-0.2, -0.15) is 0 Å². The van der Waals surface area contributed by atoms with Crippen molar-refractivity contribution >= 4 is 0 Å². The summed E-state index contributed by atoms with van der Waals surface area (Å²) in [5, 5.41) is 3.65. The van der Waals surface area contributed by atoms with Crippen molar-refractivity contribution in [2.75, 3.05) is 26.3 Å². The van der Waals surface area contributed by atoms with Crippen LogP contribution >= 0.6 is 0 Å². The SMILES string of the molecule is C1=CC2CC1CC2CNCCC1CCOC1. The molecule has 1 saturated carbocycles. The van der Waals surface area contributed by atoms with Crippen molar-refractivity contribution in [1.29, 1.82) is 0 Å². The lowest BCUT2D eigenvalue weighted by Crippen LogP contribution is -2.27. The average molecular weight is 221 g/mol. The topological polar surface area (TPSA) is 21.3 Å². The summed E-state index contributed by atoms with van der Waals surface area (Å²) in [5.74, 6) is 3.56. The highest BCUT2D eigenvalue weighted by Crippen LogP contribution is 2.42. The minimum atomic E-state index is 0.826. The molecule has 2 heteroatoms. The lowest BCUT2D eigenvalue weighted by molar-refractivity contribution is 0.184. The Labute approximate surface area is 98.4 Å². The zero-order valence-corrected chi connectivity index (χ0v) is 10.0. The molecule has 4 unspecified atom stereocenters. The fraction of sp³-hybridized carbons (Fsp3) is 0.857. The lowest BCUT2D eigenvalue weighted by Gasteiger charge is -2.19. The van der Waals surface area contributed by atoms with Crippen LogP contribution in [0, 0.1) is 23.7 Å². The summed E-state index contributed by atoms with van der Waals surface area (Å²) in [4.78, 5) is 0. The van der Waals surface area contributed by atoms with Gasteiger partial charge in [0.1, 0.15) is 0 Å². The van der Waals surface area contributed by atoms with Gasteiger partial charge in [-0.25, -0.2) is 0 Å². The van der Waals surface area contributed by atoms with E-state index in [-0.39, 0.29) is 0 Å². The van der Waals surface area contributed by atoms with Crippen molar-refractivity contribution in [2.45, 2.75) is 25.7 Å². The molecule has 0 spiro atoms. The van der Waals surface area contributed by atoms with Crippen LogP contribution in [0.2, 0.25) is 0 Å². The molecule has 3 rings (SSSR count). The highest BCUT2D eigenvalue weighted by molar-refractivity contribution is 5.10. The Hall–Kier alpha value is -0.340. The molecule has 0 radical (unpaired) electrons. The summed E-state index contributed by atoms with van der Waals surface area (Å²) >= 11 is 0. The second-order valence-corrected chi connectivity index (χ2v) is 5.76. The van der Waals surface area contributed by atoms with E-state index in [1.807, 2.05) is 0 Å². The van der Waals surface area contributed by atoms with Gasteiger partial charge in [0, 0.05) is 13.2 Å². The van der Waals surface area contributed by atoms with Crippen LogP contribution < -0.4 is 5.32 Å². The molecule has 2 aliphatic carbocycles. The largest absolute Gasteiger partial charge is 0.381 e. The molecule has 2 bridgehead atoms. The van der Waals surface area contributed by atoms with Gasteiger partial charge in [0.25, 0.3) is 0 Å². The number of allylic oxidation sites excluding steroid dienone is 2. The highest BCUT2D eigenvalue weighted by atomic mass is 16.5. The van der Waals surface area contributed by atoms with Crippen LogP contribution in [0.5, 0.6) is 0 Å². The fourth-order valence-corrected chi connectivity index (χ4v) is 3.53. The Balaban J connectivity index is 1.30.